The van der Waals surface area contributed by atoms with Gasteiger partial charge in [0, 0.05) is 26.3 Å². The normalized spacial score (nSPS) is 20.4. The number of amides is 1. The Balaban J connectivity index is 1.65. The van der Waals surface area contributed by atoms with Crippen LogP contribution in [0.2, 0.25) is 0 Å². The summed E-state index contributed by atoms with van der Waals surface area (Å²) in [5.41, 5.74) is 0.372. The minimum atomic E-state index is -0.778. The second-order valence-electron chi connectivity index (χ2n) is 9.86. The zero-order chi connectivity index (χ0) is 23.1. The van der Waals surface area contributed by atoms with Gasteiger partial charge in [0.1, 0.15) is 12.2 Å². The summed E-state index contributed by atoms with van der Waals surface area (Å²) in [4.78, 5) is 27.3. The Labute approximate surface area is 191 Å². The van der Waals surface area contributed by atoms with Crippen LogP contribution in [0, 0.1) is 17.8 Å². The fourth-order valence-electron chi connectivity index (χ4n) is 4.55. The third kappa shape index (κ3) is 6.94. The van der Waals surface area contributed by atoms with Gasteiger partial charge in [0.05, 0.1) is 12.0 Å². The van der Waals surface area contributed by atoms with Crippen LogP contribution in [0.15, 0.2) is 30.3 Å². The predicted octanol–water partition coefficient (Wildman–Crippen LogP) is 3.78. The molecule has 0 aliphatic carbocycles. The molecular weight excluding hydrogens is 410 g/mol. The van der Waals surface area contributed by atoms with Gasteiger partial charge in [-0.15, -0.1) is 0 Å². The molecule has 2 saturated heterocycles. The molecule has 32 heavy (non-hydrogen) atoms. The molecule has 3 rings (SSSR count). The molecule has 0 bridgehead atoms. The first-order valence-electron chi connectivity index (χ1n) is 11.7. The van der Waals surface area contributed by atoms with E-state index >= 15 is 0 Å². The lowest BCUT2D eigenvalue weighted by Gasteiger charge is -2.39. The van der Waals surface area contributed by atoms with Crippen molar-refractivity contribution in [1.29, 1.82) is 0 Å². The molecule has 1 aromatic rings. The van der Waals surface area contributed by atoms with Crippen molar-refractivity contribution in [2.45, 2.75) is 64.8 Å². The van der Waals surface area contributed by atoms with Gasteiger partial charge in [0.25, 0.3) is 0 Å². The number of nitrogens with zero attached hydrogens (tertiary/aromatic N) is 1. The largest absolute Gasteiger partial charge is 0.461 e. The average Bonchev–Trinajstić information content (AvgIpc) is 2.78. The number of likely N-dealkylation sites (tertiary alicyclic amines) is 1. The van der Waals surface area contributed by atoms with Gasteiger partial charge in [-0.2, -0.15) is 0 Å². The maximum atomic E-state index is 13.2. The lowest BCUT2D eigenvalue weighted by molar-refractivity contribution is -0.161. The first kappa shape index (κ1) is 24.5. The molecule has 2 fully saturated rings. The van der Waals surface area contributed by atoms with Crippen molar-refractivity contribution in [3.05, 3.63) is 35.9 Å². The Morgan fingerprint density at radius 3 is 2.28 bits per heavy atom. The minimum absolute atomic E-state index is 0.0157. The summed E-state index contributed by atoms with van der Waals surface area (Å²) in [5, 5.41) is 11.2. The number of piperidine rings is 1. The second-order valence-corrected chi connectivity index (χ2v) is 9.86. The van der Waals surface area contributed by atoms with Gasteiger partial charge < -0.3 is 24.2 Å². The summed E-state index contributed by atoms with van der Waals surface area (Å²) in [6.45, 7) is 7.94. The van der Waals surface area contributed by atoms with Crippen LogP contribution in [0.5, 0.6) is 0 Å². The fraction of sp³-hybridized carbons (Fsp3) is 0.680. The summed E-state index contributed by atoms with van der Waals surface area (Å²) < 4.78 is 16.6. The van der Waals surface area contributed by atoms with Crippen molar-refractivity contribution < 1.29 is 28.9 Å². The van der Waals surface area contributed by atoms with Crippen molar-refractivity contribution in [1.82, 2.24) is 4.90 Å². The molecule has 7 heteroatoms. The first-order valence-corrected chi connectivity index (χ1v) is 11.7. The lowest BCUT2D eigenvalue weighted by atomic mass is 9.75. The van der Waals surface area contributed by atoms with Gasteiger partial charge in [-0.05, 0) is 63.9 Å². The van der Waals surface area contributed by atoms with E-state index in [4.69, 9.17) is 14.2 Å². The zero-order valence-electron chi connectivity index (χ0n) is 19.5. The van der Waals surface area contributed by atoms with Crippen LogP contribution in [0.1, 0.15) is 52.0 Å². The van der Waals surface area contributed by atoms with E-state index in [1.165, 1.54) is 0 Å². The van der Waals surface area contributed by atoms with Crippen LogP contribution in [-0.4, -0.2) is 60.1 Å². The number of aliphatic hydroxyl groups is 1. The standard InChI is InChI=1S/C25H37NO6/c1-25(2,3)32-24(29)26-13-9-19(10-14-26)21(22(27)20-11-15-30-16-12-20)23(28)31-17-18-7-5-4-6-8-18/h4-8,19-22,27H,9-17H2,1-3H3. The molecule has 1 amide bonds. The Hall–Kier alpha value is -2.12. The molecule has 2 unspecified atom stereocenters. The van der Waals surface area contributed by atoms with Crippen LogP contribution in [0.25, 0.3) is 0 Å². The number of ether oxygens (including phenoxy) is 3. The molecule has 0 aromatic heterocycles. The number of benzene rings is 1. The zero-order valence-corrected chi connectivity index (χ0v) is 19.5. The van der Waals surface area contributed by atoms with Gasteiger partial charge in [0.15, 0.2) is 0 Å². The molecule has 7 nitrogen and oxygen atoms in total. The van der Waals surface area contributed by atoms with Crippen LogP contribution in [0.4, 0.5) is 4.79 Å². The molecule has 0 saturated carbocycles. The van der Waals surface area contributed by atoms with Gasteiger partial charge in [-0.1, -0.05) is 30.3 Å². The molecular formula is C25H37NO6. The summed E-state index contributed by atoms with van der Waals surface area (Å²) in [5.74, 6) is -0.997. The highest BCUT2D eigenvalue weighted by atomic mass is 16.6. The smallest absolute Gasteiger partial charge is 0.410 e. The fourth-order valence-corrected chi connectivity index (χ4v) is 4.55. The van der Waals surface area contributed by atoms with E-state index < -0.39 is 17.6 Å². The highest BCUT2D eigenvalue weighted by Crippen LogP contribution is 2.34. The van der Waals surface area contributed by atoms with Gasteiger partial charge >= 0.3 is 12.1 Å². The third-order valence-corrected chi connectivity index (χ3v) is 6.31. The Morgan fingerprint density at radius 2 is 1.69 bits per heavy atom. The predicted molar refractivity (Wildman–Crippen MR) is 120 cm³/mol. The lowest BCUT2D eigenvalue weighted by Crippen LogP contribution is -2.47. The molecule has 0 radical (unpaired) electrons. The SMILES string of the molecule is CC(C)(C)OC(=O)N1CCC(C(C(=O)OCc2ccccc2)C(O)C2CCOCC2)CC1. The van der Waals surface area contributed by atoms with Crippen LogP contribution >= 0.6 is 0 Å². The van der Waals surface area contributed by atoms with E-state index in [0.717, 1.165) is 18.4 Å². The van der Waals surface area contributed by atoms with Crippen molar-refractivity contribution in [3.8, 4) is 0 Å². The highest BCUT2D eigenvalue weighted by molar-refractivity contribution is 5.74. The first-order chi connectivity index (χ1) is 15.2. The Kier molecular flexibility index (Phi) is 8.54. The van der Waals surface area contributed by atoms with Crippen LogP contribution in [0.3, 0.4) is 0 Å². The minimum Gasteiger partial charge on any atom is -0.461 e. The molecule has 1 N–H and O–H groups in total. The average molecular weight is 448 g/mol. The highest BCUT2D eigenvalue weighted by Gasteiger charge is 2.42. The van der Waals surface area contributed by atoms with Crippen molar-refractivity contribution in [3.63, 3.8) is 0 Å². The number of carbonyl (C=O) groups excluding carboxylic acids is 2. The van der Waals surface area contributed by atoms with E-state index in [0.29, 0.717) is 39.1 Å². The number of hydrogen-bond acceptors (Lipinski definition) is 6. The van der Waals surface area contributed by atoms with Crippen LogP contribution in [-0.2, 0) is 25.6 Å². The van der Waals surface area contributed by atoms with Crippen LogP contribution < -0.4 is 0 Å². The summed E-state index contributed by atoms with van der Waals surface area (Å²) in [7, 11) is 0. The topological polar surface area (TPSA) is 85.3 Å². The number of rotatable bonds is 6. The van der Waals surface area contributed by atoms with Crippen molar-refractivity contribution in [2.24, 2.45) is 17.8 Å². The summed E-state index contributed by atoms with van der Waals surface area (Å²) in [6, 6.07) is 9.56. The number of hydrogen-bond donors (Lipinski definition) is 1. The maximum Gasteiger partial charge on any atom is 0.410 e. The monoisotopic (exact) mass is 447 g/mol. The molecule has 1 aromatic carbocycles. The number of esters is 1. The maximum absolute atomic E-state index is 13.2. The second kappa shape index (κ2) is 11.1. The van der Waals surface area contributed by atoms with E-state index in [-0.39, 0.29) is 30.5 Å². The van der Waals surface area contributed by atoms with E-state index in [1.54, 1.807) is 4.90 Å². The number of aliphatic hydroxyl groups excluding tert-OH is 1. The van der Waals surface area contributed by atoms with Crippen molar-refractivity contribution in [2.75, 3.05) is 26.3 Å². The molecule has 2 heterocycles. The molecule has 2 aliphatic rings. The Bertz CT molecular complexity index is 733. The van der Waals surface area contributed by atoms with E-state index in [9.17, 15) is 14.7 Å². The Morgan fingerprint density at radius 1 is 1.06 bits per heavy atom. The summed E-state index contributed by atoms with van der Waals surface area (Å²) in [6.07, 6.45) is 1.63. The quantitative estimate of drug-likeness (QED) is 0.668. The van der Waals surface area contributed by atoms with E-state index in [2.05, 4.69) is 0 Å². The molecule has 2 atom stereocenters. The van der Waals surface area contributed by atoms with Gasteiger partial charge in [-0.25, -0.2) is 4.79 Å². The number of carbonyl (C=O) groups is 2. The van der Waals surface area contributed by atoms with Gasteiger partial charge in [-0.3, -0.25) is 4.79 Å². The van der Waals surface area contributed by atoms with Gasteiger partial charge in [0.2, 0.25) is 0 Å². The molecule has 0 spiro atoms. The summed E-state index contributed by atoms with van der Waals surface area (Å²) >= 11 is 0. The van der Waals surface area contributed by atoms with Crippen molar-refractivity contribution >= 4 is 12.1 Å². The molecule has 178 valence electrons. The van der Waals surface area contributed by atoms with E-state index in [1.807, 2.05) is 51.1 Å². The molecule has 2 aliphatic heterocycles. The third-order valence-electron chi connectivity index (χ3n) is 6.31.